The number of benzene rings is 1. The van der Waals surface area contributed by atoms with Gasteiger partial charge in [0.05, 0.1) is 19.8 Å². The Bertz CT molecular complexity index is 232. The Kier molecular flexibility index (Phi) is 5.22. The van der Waals surface area contributed by atoms with Gasteiger partial charge in [-0.3, -0.25) is 0 Å². The lowest BCUT2D eigenvalue weighted by molar-refractivity contribution is 0.104. The molecule has 14 heavy (non-hydrogen) atoms. The van der Waals surface area contributed by atoms with E-state index in [0.29, 0.717) is 12.7 Å². The second kappa shape index (κ2) is 6.54. The van der Waals surface area contributed by atoms with Crippen molar-refractivity contribution in [1.82, 2.24) is 0 Å². The molecular weight excluding hydrogens is 180 g/mol. The lowest BCUT2D eigenvalue weighted by Gasteiger charge is -2.00. The molecule has 1 fully saturated rings. The maximum absolute atomic E-state index is 7.00. The van der Waals surface area contributed by atoms with Gasteiger partial charge in [0.25, 0.3) is 0 Å². The number of aliphatic hydroxyl groups is 1. The topological polar surface area (TPSA) is 42.0 Å². The lowest BCUT2D eigenvalue weighted by atomic mass is 10.2. The second-order valence-corrected chi connectivity index (χ2v) is 2.96. The van der Waals surface area contributed by atoms with E-state index in [0.717, 1.165) is 20.3 Å². The van der Waals surface area contributed by atoms with E-state index in [9.17, 15) is 0 Å². The van der Waals surface area contributed by atoms with Crippen molar-refractivity contribution in [1.29, 1.82) is 0 Å². The van der Waals surface area contributed by atoms with Gasteiger partial charge in [0.1, 0.15) is 6.10 Å². The number of aliphatic hydroxyl groups excluding tert-OH is 1. The summed E-state index contributed by atoms with van der Waals surface area (Å²) in [4.78, 5) is 0. The maximum Gasteiger partial charge on any atom is 0.104 e. The van der Waals surface area contributed by atoms with Crippen molar-refractivity contribution in [2.75, 3.05) is 20.3 Å². The quantitative estimate of drug-likeness (QED) is 0.736. The third-order valence-corrected chi connectivity index (χ3v) is 1.82. The Balaban J connectivity index is 0.000000461. The van der Waals surface area contributed by atoms with Crippen molar-refractivity contribution in [2.24, 2.45) is 0 Å². The van der Waals surface area contributed by atoms with Crippen LogP contribution in [0.3, 0.4) is 0 Å². The first kappa shape index (κ1) is 11.2. The number of hydrogen-bond donors (Lipinski definition) is 1. The summed E-state index contributed by atoms with van der Waals surface area (Å²) in [5.41, 5.74) is 1.22. The van der Waals surface area contributed by atoms with Crippen molar-refractivity contribution in [2.45, 2.75) is 12.7 Å². The minimum Gasteiger partial charge on any atom is -0.400 e. The fraction of sp³-hybridized carbons (Fsp3) is 0.455. The van der Waals surface area contributed by atoms with Crippen LogP contribution in [0.25, 0.3) is 0 Å². The van der Waals surface area contributed by atoms with Gasteiger partial charge in [-0.2, -0.15) is 0 Å². The van der Waals surface area contributed by atoms with Crippen LogP contribution in [-0.4, -0.2) is 31.5 Å². The number of epoxide rings is 1. The Labute approximate surface area is 84.3 Å². The highest BCUT2D eigenvalue weighted by molar-refractivity contribution is 5.13. The zero-order chi connectivity index (χ0) is 10.2. The molecule has 1 N–H and O–H groups in total. The second-order valence-electron chi connectivity index (χ2n) is 2.96. The zero-order valence-electron chi connectivity index (χ0n) is 8.35. The molecule has 3 nitrogen and oxygen atoms in total. The van der Waals surface area contributed by atoms with E-state index >= 15 is 0 Å². The van der Waals surface area contributed by atoms with E-state index in [2.05, 4.69) is 12.1 Å². The standard InChI is InChI=1S/C10H12O2.CH4O/c1-2-4-9(5-3-1)6-11-7-10-8-12-10;1-2/h1-5,10H,6-8H2;2H,1H3. The Hall–Kier alpha value is -0.900. The predicted molar refractivity (Wildman–Crippen MR) is 54.0 cm³/mol. The van der Waals surface area contributed by atoms with Crippen LogP contribution in [0.2, 0.25) is 0 Å². The lowest BCUT2D eigenvalue weighted by Crippen LogP contribution is -2.00. The summed E-state index contributed by atoms with van der Waals surface area (Å²) in [6.07, 6.45) is 0.369. The highest BCUT2D eigenvalue weighted by atomic mass is 16.6. The van der Waals surface area contributed by atoms with Gasteiger partial charge in [-0.05, 0) is 5.56 Å². The number of ether oxygens (including phenoxy) is 2. The Morgan fingerprint density at radius 3 is 2.57 bits per heavy atom. The summed E-state index contributed by atoms with van der Waals surface area (Å²) in [6.45, 7) is 2.30. The molecule has 78 valence electrons. The summed E-state index contributed by atoms with van der Waals surface area (Å²) in [5, 5.41) is 7.00. The van der Waals surface area contributed by atoms with Crippen molar-refractivity contribution < 1.29 is 14.6 Å². The van der Waals surface area contributed by atoms with Crippen LogP contribution in [0.1, 0.15) is 5.56 Å². The van der Waals surface area contributed by atoms with Gasteiger partial charge in [-0.15, -0.1) is 0 Å². The third-order valence-electron chi connectivity index (χ3n) is 1.82. The van der Waals surface area contributed by atoms with E-state index in [4.69, 9.17) is 14.6 Å². The first-order chi connectivity index (χ1) is 6.95. The van der Waals surface area contributed by atoms with Crippen LogP contribution in [-0.2, 0) is 16.1 Å². The van der Waals surface area contributed by atoms with Gasteiger partial charge in [0.2, 0.25) is 0 Å². The molecule has 0 aromatic heterocycles. The zero-order valence-corrected chi connectivity index (χ0v) is 8.35. The van der Waals surface area contributed by atoms with Gasteiger partial charge in [-0.25, -0.2) is 0 Å². The van der Waals surface area contributed by atoms with Gasteiger partial charge in [0.15, 0.2) is 0 Å². The molecule has 0 aliphatic carbocycles. The molecule has 0 amide bonds. The molecule has 3 heteroatoms. The fourth-order valence-electron chi connectivity index (χ4n) is 1.05. The molecule has 1 heterocycles. The first-order valence-corrected chi connectivity index (χ1v) is 4.63. The van der Waals surface area contributed by atoms with Crippen LogP contribution in [0.15, 0.2) is 30.3 Å². The van der Waals surface area contributed by atoms with Crippen LogP contribution in [0, 0.1) is 0 Å². The third kappa shape index (κ3) is 4.37. The average molecular weight is 196 g/mol. The average Bonchev–Trinajstić information content (AvgIpc) is 3.07. The molecule has 0 spiro atoms. The SMILES string of the molecule is CO.c1ccc(COCC2CO2)cc1. The molecule has 1 saturated heterocycles. The molecular formula is C11H16O3. The molecule has 0 bridgehead atoms. The molecule has 0 radical (unpaired) electrons. The van der Waals surface area contributed by atoms with Gasteiger partial charge in [0, 0.05) is 7.11 Å². The van der Waals surface area contributed by atoms with Crippen LogP contribution < -0.4 is 0 Å². The highest BCUT2D eigenvalue weighted by Gasteiger charge is 2.21. The summed E-state index contributed by atoms with van der Waals surface area (Å²) >= 11 is 0. The van der Waals surface area contributed by atoms with Gasteiger partial charge >= 0.3 is 0 Å². The van der Waals surface area contributed by atoms with Crippen LogP contribution in [0.4, 0.5) is 0 Å². The van der Waals surface area contributed by atoms with Crippen molar-refractivity contribution in [3.8, 4) is 0 Å². The molecule has 1 aromatic carbocycles. The molecule has 1 aliphatic rings. The molecule has 1 unspecified atom stereocenters. The monoisotopic (exact) mass is 196 g/mol. The van der Waals surface area contributed by atoms with E-state index < -0.39 is 0 Å². The molecule has 1 atom stereocenters. The van der Waals surface area contributed by atoms with Crippen molar-refractivity contribution >= 4 is 0 Å². The highest BCUT2D eigenvalue weighted by Crippen LogP contribution is 2.10. The molecule has 2 rings (SSSR count). The Morgan fingerprint density at radius 1 is 1.36 bits per heavy atom. The minimum atomic E-state index is 0.369. The molecule has 1 aliphatic heterocycles. The summed E-state index contributed by atoms with van der Waals surface area (Å²) < 4.78 is 10.4. The van der Waals surface area contributed by atoms with Crippen LogP contribution in [0.5, 0.6) is 0 Å². The minimum absolute atomic E-state index is 0.369. The van der Waals surface area contributed by atoms with E-state index in [1.54, 1.807) is 0 Å². The molecule has 1 aromatic rings. The Morgan fingerprint density at radius 2 is 2.00 bits per heavy atom. The van der Waals surface area contributed by atoms with E-state index in [1.807, 2.05) is 18.2 Å². The summed E-state index contributed by atoms with van der Waals surface area (Å²) in [7, 11) is 1.00. The summed E-state index contributed by atoms with van der Waals surface area (Å²) in [6, 6.07) is 10.2. The van der Waals surface area contributed by atoms with Gasteiger partial charge < -0.3 is 14.6 Å². The maximum atomic E-state index is 7.00. The summed E-state index contributed by atoms with van der Waals surface area (Å²) in [5.74, 6) is 0. The number of hydrogen-bond acceptors (Lipinski definition) is 3. The largest absolute Gasteiger partial charge is 0.400 e. The van der Waals surface area contributed by atoms with Crippen molar-refractivity contribution in [3.05, 3.63) is 35.9 Å². The predicted octanol–water partition coefficient (Wildman–Crippen LogP) is 1.21. The van der Waals surface area contributed by atoms with E-state index in [-0.39, 0.29) is 0 Å². The van der Waals surface area contributed by atoms with Crippen molar-refractivity contribution in [3.63, 3.8) is 0 Å². The smallest absolute Gasteiger partial charge is 0.104 e. The van der Waals surface area contributed by atoms with E-state index in [1.165, 1.54) is 5.56 Å². The number of rotatable bonds is 4. The van der Waals surface area contributed by atoms with Gasteiger partial charge in [-0.1, -0.05) is 30.3 Å². The fourth-order valence-corrected chi connectivity index (χ4v) is 1.05. The van der Waals surface area contributed by atoms with Crippen LogP contribution >= 0.6 is 0 Å². The first-order valence-electron chi connectivity index (χ1n) is 4.63. The molecule has 0 saturated carbocycles. The normalized spacial score (nSPS) is 18.3.